The summed E-state index contributed by atoms with van der Waals surface area (Å²) in [6.45, 7) is 2.28. The van der Waals surface area contributed by atoms with E-state index in [1.807, 2.05) is 25.2 Å². The van der Waals surface area contributed by atoms with Gasteiger partial charge in [0.25, 0.3) is 0 Å². The number of ether oxygens (including phenoxy) is 1. The van der Waals surface area contributed by atoms with Crippen molar-refractivity contribution >= 4 is 11.7 Å². The first-order chi connectivity index (χ1) is 15.7. The number of alkyl halides is 3. The zero-order valence-electron chi connectivity index (χ0n) is 18.6. The minimum absolute atomic E-state index is 0.0164. The number of aliphatic hydroxyl groups excluding tert-OH is 1. The topological polar surface area (TPSA) is 75.6 Å². The van der Waals surface area contributed by atoms with Crippen LogP contribution in [0.5, 0.6) is 5.75 Å². The molecular weight excluding hydrogens is 435 g/mol. The Morgan fingerprint density at radius 3 is 2.85 bits per heavy atom. The third-order valence-corrected chi connectivity index (χ3v) is 5.11. The molecular formula is C25H30F3NO4. The summed E-state index contributed by atoms with van der Waals surface area (Å²) < 4.78 is 43.6. The van der Waals surface area contributed by atoms with E-state index >= 15 is 0 Å². The summed E-state index contributed by atoms with van der Waals surface area (Å²) in [6, 6.07) is 4.47. The number of ketones is 1. The van der Waals surface area contributed by atoms with Gasteiger partial charge >= 0.3 is 6.18 Å². The van der Waals surface area contributed by atoms with Crippen molar-refractivity contribution in [1.82, 2.24) is 5.32 Å². The van der Waals surface area contributed by atoms with Gasteiger partial charge in [0.1, 0.15) is 24.2 Å². The molecule has 2 rings (SSSR count). The van der Waals surface area contributed by atoms with Crippen LogP contribution in [0.1, 0.15) is 44.6 Å². The van der Waals surface area contributed by atoms with Crippen LogP contribution in [0.3, 0.4) is 0 Å². The molecule has 1 aromatic rings. The van der Waals surface area contributed by atoms with Crippen LogP contribution in [0.15, 0.2) is 60.2 Å². The summed E-state index contributed by atoms with van der Waals surface area (Å²) in [5.74, 6) is -0.153. The van der Waals surface area contributed by atoms with E-state index in [4.69, 9.17) is 4.74 Å². The second kappa shape index (κ2) is 13.0. The van der Waals surface area contributed by atoms with Gasteiger partial charge in [-0.2, -0.15) is 13.2 Å². The largest absolute Gasteiger partial charge is 0.491 e. The number of benzene rings is 1. The van der Waals surface area contributed by atoms with Crippen LogP contribution in [0.25, 0.3) is 0 Å². The fraction of sp³-hybridized carbons (Fsp3) is 0.440. The number of hydrogen-bond donors (Lipinski definition) is 2. The van der Waals surface area contributed by atoms with Crippen LogP contribution in [-0.2, 0) is 15.8 Å². The van der Waals surface area contributed by atoms with Crippen molar-refractivity contribution in [2.75, 3.05) is 13.2 Å². The number of rotatable bonds is 12. The van der Waals surface area contributed by atoms with Gasteiger partial charge in [0.05, 0.1) is 5.56 Å². The van der Waals surface area contributed by atoms with Gasteiger partial charge in [0.15, 0.2) is 0 Å². The lowest BCUT2D eigenvalue weighted by molar-refractivity contribution is -0.137. The van der Waals surface area contributed by atoms with Gasteiger partial charge in [-0.15, -0.1) is 0 Å². The van der Waals surface area contributed by atoms with E-state index in [1.165, 1.54) is 18.2 Å². The predicted molar refractivity (Wildman–Crippen MR) is 120 cm³/mol. The standard InChI is InChI=1S/C25H30F3NO4/c1-2-29-24(32)11-6-4-3-5-10-22-18(13-15-23(22)31)12-14-20(30)17-33-21-9-7-8-19(16-21)25(26,27)28/h3,5,7-9,12-14,16,20,22,30H,2,4,6,10-11,15,17H2,1H3,(H,29,32)/b5-3-,14-12+/t20-,22-/m1/s1. The highest BCUT2D eigenvalue weighted by molar-refractivity contribution is 5.89. The molecule has 1 amide bonds. The third-order valence-electron chi connectivity index (χ3n) is 5.11. The molecule has 0 heterocycles. The lowest BCUT2D eigenvalue weighted by atomic mass is 9.95. The number of carbonyl (C=O) groups is 2. The predicted octanol–water partition coefficient (Wildman–Crippen LogP) is 4.77. The molecule has 0 saturated heterocycles. The number of hydrogen-bond acceptors (Lipinski definition) is 4. The van der Waals surface area contributed by atoms with Crippen molar-refractivity contribution < 1.29 is 32.6 Å². The van der Waals surface area contributed by atoms with Crippen LogP contribution in [0.2, 0.25) is 0 Å². The molecule has 0 spiro atoms. The van der Waals surface area contributed by atoms with Gasteiger partial charge in [0, 0.05) is 25.3 Å². The number of halogens is 3. The Hall–Kier alpha value is -2.87. The number of amides is 1. The van der Waals surface area contributed by atoms with Crippen molar-refractivity contribution in [2.24, 2.45) is 5.92 Å². The first kappa shape index (κ1) is 26.4. The van der Waals surface area contributed by atoms with Gasteiger partial charge < -0.3 is 15.2 Å². The van der Waals surface area contributed by atoms with Crippen molar-refractivity contribution in [2.45, 2.75) is 51.3 Å². The summed E-state index contributed by atoms with van der Waals surface area (Å²) >= 11 is 0. The molecule has 0 aliphatic heterocycles. The molecule has 0 aromatic heterocycles. The maximum atomic E-state index is 12.8. The quantitative estimate of drug-likeness (QED) is 0.345. The second-order valence-electron chi connectivity index (χ2n) is 7.74. The molecule has 8 heteroatoms. The van der Waals surface area contributed by atoms with Crippen LogP contribution in [-0.4, -0.2) is 36.1 Å². The smallest absolute Gasteiger partial charge is 0.416 e. The van der Waals surface area contributed by atoms with Gasteiger partial charge in [0.2, 0.25) is 5.91 Å². The van der Waals surface area contributed by atoms with Gasteiger partial charge in [-0.3, -0.25) is 9.59 Å². The molecule has 0 fully saturated rings. The van der Waals surface area contributed by atoms with Crippen molar-refractivity contribution in [3.63, 3.8) is 0 Å². The Balaban J connectivity index is 1.80. The maximum absolute atomic E-state index is 12.8. The van der Waals surface area contributed by atoms with E-state index in [0.29, 0.717) is 25.8 Å². The summed E-state index contributed by atoms with van der Waals surface area (Å²) in [4.78, 5) is 23.6. The Bertz CT molecular complexity index is 890. The Kier molecular flexibility index (Phi) is 10.4. The zero-order valence-corrected chi connectivity index (χ0v) is 18.6. The molecule has 1 aliphatic rings. The lowest BCUT2D eigenvalue weighted by Gasteiger charge is -2.12. The van der Waals surface area contributed by atoms with E-state index in [-0.39, 0.29) is 30.0 Å². The van der Waals surface area contributed by atoms with E-state index in [2.05, 4.69) is 5.32 Å². The van der Waals surface area contributed by atoms with Crippen LogP contribution < -0.4 is 10.1 Å². The molecule has 5 nitrogen and oxygen atoms in total. The van der Waals surface area contributed by atoms with Gasteiger partial charge in [-0.25, -0.2) is 0 Å². The zero-order chi connectivity index (χ0) is 24.3. The van der Waals surface area contributed by atoms with Crippen LogP contribution in [0.4, 0.5) is 13.2 Å². The Morgan fingerprint density at radius 2 is 2.12 bits per heavy atom. The van der Waals surface area contributed by atoms with Crippen LogP contribution >= 0.6 is 0 Å². The number of carbonyl (C=O) groups excluding carboxylic acids is 2. The highest BCUT2D eigenvalue weighted by atomic mass is 19.4. The highest BCUT2D eigenvalue weighted by Crippen LogP contribution is 2.31. The van der Waals surface area contributed by atoms with Crippen molar-refractivity contribution in [1.29, 1.82) is 0 Å². The lowest BCUT2D eigenvalue weighted by Crippen LogP contribution is -2.21. The number of unbranched alkanes of at least 4 members (excludes halogenated alkanes) is 1. The SMILES string of the molecule is CCNC(=O)CCC/C=C\C[C@H]1C(=O)CC=C1/C=C/[C@@H](O)COc1cccc(C(F)(F)F)c1. The fourth-order valence-corrected chi connectivity index (χ4v) is 3.38. The average molecular weight is 466 g/mol. The van der Waals surface area contributed by atoms with Gasteiger partial charge in [-0.1, -0.05) is 36.4 Å². The minimum Gasteiger partial charge on any atom is -0.491 e. The summed E-state index contributed by atoms with van der Waals surface area (Å²) in [5, 5.41) is 12.9. The van der Waals surface area contributed by atoms with Crippen LogP contribution in [0, 0.1) is 5.92 Å². The molecule has 2 N–H and O–H groups in total. The van der Waals surface area contributed by atoms with E-state index in [9.17, 15) is 27.9 Å². The fourth-order valence-electron chi connectivity index (χ4n) is 3.38. The average Bonchev–Trinajstić information content (AvgIpc) is 3.12. The summed E-state index contributed by atoms with van der Waals surface area (Å²) in [7, 11) is 0. The third kappa shape index (κ3) is 9.26. The molecule has 2 atom stereocenters. The van der Waals surface area contributed by atoms with Crippen molar-refractivity contribution in [3.8, 4) is 5.75 Å². The molecule has 0 saturated carbocycles. The van der Waals surface area contributed by atoms with E-state index in [1.54, 1.807) is 6.08 Å². The number of Topliss-reactive ketones (excluding diaryl/α,β-unsaturated/α-hetero) is 1. The number of allylic oxidation sites excluding steroid dienone is 5. The number of aliphatic hydroxyl groups is 1. The highest BCUT2D eigenvalue weighted by Gasteiger charge is 2.30. The molecule has 1 aliphatic carbocycles. The monoisotopic (exact) mass is 465 g/mol. The Labute approximate surface area is 192 Å². The molecule has 0 radical (unpaired) electrons. The number of nitrogens with one attached hydrogen (secondary N) is 1. The molecule has 1 aromatic carbocycles. The van der Waals surface area contributed by atoms with E-state index < -0.39 is 17.8 Å². The van der Waals surface area contributed by atoms with E-state index in [0.717, 1.165) is 30.5 Å². The Morgan fingerprint density at radius 1 is 1.33 bits per heavy atom. The van der Waals surface area contributed by atoms with Crippen molar-refractivity contribution in [3.05, 3.63) is 65.8 Å². The van der Waals surface area contributed by atoms with Gasteiger partial charge in [-0.05, 0) is 50.0 Å². The summed E-state index contributed by atoms with van der Waals surface area (Å²) in [6.07, 6.45) is 6.15. The molecule has 33 heavy (non-hydrogen) atoms. The molecule has 0 bridgehead atoms. The normalized spacial score (nSPS) is 17.5. The first-order valence-corrected chi connectivity index (χ1v) is 11.0. The molecule has 180 valence electrons. The minimum atomic E-state index is -4.47. The second-order valence-corrected chi connectivity index (χ2v) is 7.74. The molecule has 0 unspecified atom stereocenters. The first-order valence-electron chi connectivity index (χ1n) is 11.0. The summed E-state index contributed by atoms with van der Waals surface area (Å²) in [5.41, 5.74) is -0.0233. The maximum Gasteiger partial charge on any atom is 0.416 e.